The second-order valence-corrected chi connectivity index (χ2v) is 13.5. The van der Waals surface area contributed by atoms with E-state index in [2.05, 4.69) is 45.4 Å². The topological polar surface area (TPSA) is 93.5 Å². The molecule has 1 aliphatic heterocycles. The van der Waals surface area contributed by atoms with E-state index in [0.717, 1.165) is 0 Å². The van der Waals surface area contributed by atoms with E-state index in [0.29, 0.717) is 18.4 Å². The fourth-order valence-electron chi connectivity index (χ4n) is 2.95. The smallest absolute Gasteiger partial charge is 0.330 e. The maximum atomic E-state index is 12.2. The molecule has 0 aromatic carbocycles. The van der Waals surface area contributed by atoms with Crippen LogP contribution in [0.4, 0.5) is 0 Å². The largest absolute Gasteiger partial charge is 0.411 e. The summed E-state index contributed by atoms with van der Waals surface area (Å²) in [4.78, 5) is 26.2. The van der Waals surface area contributed by atoms with Crippen molar-refractivity contribution in [3.63, 3.8) is 0 Å². The van der Waals surface area contributed by atoms with E-state index in [1.807, 2.05) is 0 Å². The highest BCUT2D eigenvalue weighted by molar-refractivity contribution is 6.74. The SMILES string of the molecule is C=CC[C@@H](O)[C@H]1O[C@@H](n2cc(C)c(=O)[nH]c2=O)C[C@@H]1O[Si](C)(C)C(C)(C)C. The second kappa shape index (κ2) is 7.87. The molecule has 1 saturated heterocycles. The molecule has 2 heterocycles. The molecule has 152 valence electrons. The Morgan fingerprint density at radius 2 is 2.11 bits per heavy atom. The lowest BCUT2D eigenvalue weighted by atomic mass is 10.1. The minimum atomic E-state index is -2.11. The molecule has 0 amide bonds. The Morgan fingerprint density at radius 3 is 2.67 bits per heavy atom. The number of aromatic nitrogens is 2. The van der Waals surface area contributed by atoms with Crippen LogP contribution in [0.15, 0.2) is 28.4 Å². The fraction of sp³-hybridized carbons (Fsp3) is 0.684. The van der Waals surface area contributed by atoms with Gasteiger partial charge in [0.25, 0.3) is 5.56 Å². The summed E-state index contributed by atoms with van der Waals surface area (Å²) in [5, 5.41) is 10.6. The Kier molecular flexibility index (Phi) is 6.36. The minimum absolute atomic E-state index is 0.00440. The average Bonchev–Trinajstić information content (AvgIpc) is 2.93. The van der Waals surface area contributed by atoms with E-state index in [9.17, 15) is 14.7 Å². The Morgan fingerprint density at radius 1 is 1.48 bits per heavy atom. The van der Waals surface area contributed by atoms with Crippen molar-refractivity contribution in [1.82, 2.24) is 9.55 Å². The van der Waals surface area contributed by atoms with Gasteiger partial charge in [-0.05, 0) is 31.5 Å². The third kappa shape index (κ3) is 4.68. The molecule has 8 heteroatoms. The lowest BCUT2D eigenvalue weighted by molar-refractivity contribution is -0.0798. The molecule has 1 fully saturated rings. The number of hydrogen-bond donors (Lipinski definition) is 2. The molecule has 0 spiro atoms. The van der Waals surface area contributed by atoms with Crippen LogP contribution in [0.5, 0.6) is 0 Å². The van der Waals surface area contributed by atoms with Crippen LogP contribution in [0.1, 0.15) is 45.4 Å². The van der Waals surface area contributed by atoms with Gasteiger partial charge >= 0.3 is 5.69 Å². The normalized spacial score (nSPS) is 24.8. The van der Waals surface area contributed by atoms with Crippen molar-refractivity contribution in [2.45, 2.75) is 83.2 Å². The number of hydrogen-bond acceptors (Lipinski definition) is 5. The number of ether oxygens (including phenoxy) is 1. The monoisotopic (exact) mass is 396 g/mol. The molecule has 27 heavy (non-hydrogen) atoms. The molecule has 1 aromatic rings. The lowest BCUT2D eigenvalue weighted by Gasteiger charge is -2.39. The molecule has 0 radical (unpaired) electrons. The number of aromatic amines is 1. The highest BCUT2D eigenvalue weighted by Crippen LogP contribution is 2.41. The van der Waals surface area contributed by atoms with Gasteiger partial charge in [0, 0.05) is 18.2 Å². The van der Waals surface area contributed by atoms with Gasteiger partial charge < -0.3 is 14.3 Å². The molecule has 2 rings (SSSR count). The second-order valence-electron chi connectivity index (χ2n) is 8.78. The van der Waals surface area contributed by atoms with Crippen LogP contribution in [-0.4, -0.2) is 41.3 Å². The zero-order valence-electron chi connectivity index (χ0n) is 17.1. The summed E-state index contributed by atoms with van der Waals surface area (Å²) >= 11 is 0. The Bertz CT molecular complexity index is 793. The summed E-state index contributed by atoms with van der Waals surface area (Å²) in [6.07, 6.45) is 1.64. The highest BCUT2D eigenvalue weighted by atomic mass is 28.4. The van der Waals surface area contributed by atoms with Gasteiger partial charge in [0.05, 0.1) is 12.2 Å². The maximum absolute atomic E-state index is 12.2. The zero-order chi connectivity index (χ0) is 20.6. The maximum Gasteiger partial charge on any atom is 0.330 e. The predicted octanol–water partition coefficient (Wildman–Crippen LogP) is 2.46. The molecule has 0 bridgehead atoms. The number of rotatable bonds is 6. The molecular formula is C19H32N2O5Si. The van der Waals surface area contributed by atoms with Crippen molar-refractivity contribution < 1.29 is 14.3 Å². The summed E-state index contributed by atoms with van der Waals surface area (Å²) in [6.45, 7) is 16.1. The first kappa shape index (κ1) is 21.8. The molecule has 0 aliphatic carbocycles. The van der Waals surface area contributed by atoms with Crippen molar-refractivity contribution in [2.24, 2.45) is 0 Å². The third-order valence-electron chi connectivity index (χ3n) is 5.61. The predicted molar refractivity (Wildman–Crippen MR) is 107 cm³/mol. The highest BCUT2D eigenvalue weighted by Gasteiger charge is 2.47. The standard InChI is InChI=1S/C19H32N2O5Si/c1-8-9-13(22)16-14(26-27(6,7)19(3,4)5)10-15(25-16)21-11-12(2)17(23)20-18(21)24/h8,11,13-16,22H,1,9-10H2,2-7H3,(H,20,23,24)/t13-,14+,15-,16-/m1/s1. The minimum Gasteiger partial charge on any atom is -0.411 e. The summed E-state index contributed by atoms with van der Waals surface area (Å²) in [7, 11) is -2.11. The van der Waals surface area contributed by atoms with Crippen LogP contribution in [0.3, 0.4) is 0 Å². The first-order chi connectivity index (χ1) is 12.4. The molecular weight excluding hydrogens is 364 g/mol. The first-order valence-electron chi connectivity index (χ1n) is 9.31. The Balaban J connectivity index is 2.35. The number of aliphatic hydroxyl groups excluding tert-OH is 1. The van der Waals surface area contributed by atoms with Gasteiger partial charge in [0.1, 0.15) is 12.3 Å². The van der Waals surface area contributed by atoms with E-state index < -0.39 is 38.0 Å². The molecule has 2 N–H and O–H groups in total. The molecule has 4 atom stereocenters. The average molecular weight is 397 g/mol. The number of aryl methyl sites for hydroxylation is 1. The zero-order valence-corrected chi connectivity index (χ0v) is 18.1. The number of H-pyrrole nitrogens is 1. The summed E-state index contributed by atoms with van der Waals surface area (Å²) < 4.78 is 13.9. The van der Waals surface area contributed by atoms with Crippen LogP contribution >= 0.6 is 0 Å². The molecule has 7 nitrogen and oxygen atoms in total. The fourth-order valence-corrected chi connectivity index (χ4v) is 4.29. The molecule has 0 saturated carbocycles. The number of aliphatic hydroxyl groups is 1. The first-order valence-corrected chi connectivity index (χ1v) is 12.2. The van der Waals surface area contributed by atoms with E-state index in [1.54, 1.807) is 13.0 Å². The Labute approximate surface area is 161 Å². The lowest BCUT2D eigenvalue weighted by Crippen LogP contribution is -2.48. The summed E-state index contributed by atoms with van der Waals surface area (Å²) in [5.74, 6) is 0. The van der Waals surface area contributed by atoms with Gasteiger partial charge in [-0.2, -0.15) is 0 Å². The van der Waals surface area contributed by atoms with E-state index in [1.165, 1.54) is 10.8 Å². The number of nitrogens with zero attached hydrogens (tertiary/aromatic N) is 1. The van der Waals surface area contributed by atoms with Crippen molar-refractivity contribution in [3.8, 4) is 0 Å². The van der Waals surface area contributed by atoms with Crippen LogP contribution in [0.2, 0.25) is 18.1 Å². The Hall–Kier alpha value is -1.48. The van der Waals surface area contributed by atoms with E-state index >= 15 is 0 Å². The van der Waals surface area contributed by atoms with Gasteiger partial charge in [-0.25, -0.2) is 4.79 Å². The van der Waals surface area contributed by atoms with Crippen LogP contribution < -0.4 is 11.2 Å². The van der Waals surface area contributed by atoms with E-state index in [-0.39, 0.29) is 11.1 Å². The summed E-state index contributed by atoms with van der Waals surface area (Å²) in [5.41, 5.74) is -0.512. The van der Waals surface area contributed by atoms with Crippen molar-refractivity contribution >= 4 is 8.32 Å². The third-order valence-corrected chi connectivity index (χ3v) is 10.1. The van der Waals surface area contributed by atoms with Gasteiger partial charge in [-0.3, -0.25) is 14.3 Å². The molecule has 1 aromatic heterocycles. The van der Waals surface area contributed by atoms with Gasteiger partial charge in [0.2, 0.25) is 0 Å². The quantitative estimate of drug-likeness (QED) is 0.569. The molecule has 0 unspecified atom stereocenters. The van der Waals surface area contributed by atoms with Gasteiger partial charge in [-0.1, -0.05) is 26.8 Å². The van der Waals surface area contributed by atoms with Gasteiger partial charge in [0.15, 0.2) is 8.32 Å². The van der Waals surface area contributed by atoms with Crippen molar-refractivity contribution in [3.05, 3.63) is 45.3 Å². The molecule has 1 aliphatic rings. The van der Waals surface area contributed by atoms with Crippen molar-refractivity contribution in [2.75, 3.05) is 0 Å². The van der Waals surface area contributed by atoms with Crippen LogP contribution in [0, 0.1) is 6.92 Å². The van der Waals surface area contributed by atoms with Crippen molar-refractivity contribution in [1.29, 1.82) is 0 Å². The van der Waals surface area contributed by atoms with Crippen LogP contribution in [-0.2, 0) is 9.16 Å². The summed E-state index contributed by atoms with van der Waals surface area (Å²) in [6, 6.07) is 0. The van der Waals surface area contributed by atoms with Crippen LogP contribution in [0.25, 0.3) is 0 Å². The van der Waals surface area contributed by atoms with Gasteiger partial charge in [-0.15, -0.1) is 6.58 Å². The van der Waals surface area contributed by atoms with E-state index in [4.69, 9.17) is 9.16 Å². The number of nitrogens with one attached hydrogen (secondary N) is 1.